The zero-order chi connectivity index (χ0) is 22.1. The first-order valence-electron chi connectivity index (χ1n) is 11.6. The Hall–Kier alpha value is -2.90. The summed E-state index contributed by atoms with van der Waals surface area (Å²) in [5.74, 6) is 2.01. The topological polar surface area (TPSA) is 84.5 Å². The van der Waals surface area contributed by atoms with Crippen LogP contribution in [0.25, 0.3) is 10.8 Å². The van der Waals surface area contributed by atoms with E-state index in [1.54, 1.807) is 6.20 Å². The summed E-state index contributed by atoms with van der Waals surface area (Å²) in [6, 6.07) is 12.4. The number of hydrogen-bond donors (Lipinski definition) is 3. The van der Waals surface area contributed by atoms with E-state index in [2.05, 4.69) is 51.4 Å². The lowest BCUT2D eigenvalue weighted by atomic mass is 9.89. The van der Waals surface area contributed by atoms with Crippen molar-refractivity contribution >= 4 is 28.1 Å². The number of pyridine rings is 2. The fourth-order valence-electron chi connectivity index (χ4n) is 4.86. The molecule has 32 heavy (non-hydrogen) atoms. The molecule has 0 unspecified atom stereocenters. The van der Waals surface area contributed by atoms with Gasteiger partial charge in [0.15, 0.2) is 0 Å². The minimum atomic E-state index is -0.241. The van der Waals surface area contributed by atoms with Crippen molar-refractivity contribution in [3.63, 3.8) is 0 Å². The van der Waals surface area contributed by atoms with Crippen LogP contribution in [0.1, 0.15) is 37.2 Å². The lowest BCUT2D eigenvalue weighted by molar-refractivity contribution is 0.145. The van der Waals surface area contributed by atoms with Gasteiger partial charge in [-0.2, -0.15) is 0 Å². The monoisotopic (exact) mass is 433 g/mol. The van der Waals surface area contributed by atoms with Gasteiger partial charge in [0.05, 0.1) is 11.5 Å². The van der Waals surface area contributed by atoms with E-state index in [1.807, 2.05) is 12.1 Å². The zero-order valence-corrected chi connectivity index (χ0v) is 18.6. The van der Waals surface area contributed by atoms with Gasteiger partial charge >= 0.3 is 0 Å². The second-order valence-electron chi connectivity index (χ2n) is 9.14. The maximum absolute atomic E-state index is 12.6. The molecule has 1 aromatic carbocycles. The Morgan fingerprint density at radius 1 is 1.03 bits per heavy atom. The molecular formula is C25H31N5O2. The van der Waals surface area contributed by atoms with Crippen LogP contribution in [0.2, 0.25) is 0 Å². The highest BCUT2D eigenvalue weighted by atomic mass is 16.3. The summed E-state index contributed by atoms with van der Waals surface area (Å²) in [7, 11) is 2.18. The van der Waals surface area contributed by atoms with E-state index in [9.17, 15) is 9.90 Å². The molecule has 4 heterocycles. The Morgan fingerprint density at radius 2 is 1.75 bits per heavy atom. The van der Waals surface area contributed by atoms with E-state index in [0.29, 0.717) is 17.1 Å². The van der Waals surface area contributed by atoms with Crippen LogP contribution in [0.5, 0.6) is 0 Å². The number of rotatable bonds is 4. The molecule has 3 aromatic rings. The second kappa shape index (κ2) is 8.92. The number of piperidine rings is 2. The summed E-state index contributed by atoms with van der Waals surface area (Å²) in [6.07, 6.45) is 5.28. The number of hydrogen-bond acceptors (Lipinski definition) is 6. The van der Waals surface area contributed by atoms with Gasteiger partial charge in [-0.05, 0) is 87.0 Å². The molecule has 0 amide bonds. The fraction of sp³-hybridized carbons (Fsp3) is 0.440. The zero-order valence-electron chi connectivity index (χ0n) is 18.6. The van der Waals surface area contributed by atoms with Crippen molar-refractivity contribution in [2.45, 2.75) is 37.7 Å². The number of benzene rings is 1. The Labute approximate surface area is 188 Å². The SMILES string of the molecule is CN1CCC(c2ccc(Nc3nc(N4CCC(O)CC4)cc4cc[nH]c(=O)c34)cc2)CC1. The number of anilines is 3. The third kappa shape index (κ3) is 4.36. The van der Waals surface area contributed by atoms with E-state index in [-0.39, 0.29) is 11.7 Å². The summed E-state index contributed by atoms with van der Waals surface area (Å²) in [5, 5.41) is 14.7. The maximum Gasteiger partial charge on any atom is 0.259 e. The van der Waals surface area contributed by atoms with Crippen molar-refractivity contribution in [3.8, 4) is 0 Å². The van der Waals surface area contributed by atoms with Gasteiger partial charge in [0, 0.05) is 25.0 Å². The van der Waals surface area contributed by atoms with Crippen LogP contribution in [0.3, 0.4) is 0 Å². The Morgan fingerprint density at radius 3 is 2.47 bits per heavy atom. The van der Waals surface area contributed by atoms with Crippen LogP contribution < -0.4 is 15.8 Å². The number of aromatic nitrogens is 2. The molecular weight excluding hydrogens is 402 g/mol. The molecule has 0 aliphatic carbocycles. The quantitative estimate of drug-likeness (QED) is 0.585. The summed E-state index contributed by atoms with van der Waals surface area (Å²) < 4.78 is 0. The smallest absolute Gasteiger partial charge is 0.259 e. The fourth-order valence-corrected chi connectivity index (χ4v) is 4.86. The van der Waals surface area contributed by atoms with Crippen LogP contribution in [0.4, 0.5) is 17.3 Å². The summed E-state index contributed by atoms with van der Waals surface area (Å²) in [5.41, 5.74) is 2.14. The number of H-pyrrole nitrogens is 1. The van der Waals surface area contributed by atoms with E-state index >= 15 is 0 Å². The normalized spacial score (nSPS) is 18.9. The van der Waals surface area contributed by atoms with Crippen molar-refractivity contribution in [2.24, 2.45) is 0 Å². The predicted octanol–water partition coefficient (Wildman–Crippen LogP) is 3.44. The van der Waals surface area contributed by atoms with Crippen LogP contribution in [-0.2, 0) is 0 Å². The standard InChI is InChI=1S/C25H31N5O2/c1-29-12-7-18(8-13-29)17-2-4-20(5-3-17)27-24-23-19(6-11-26-25(23)32)16-22(28-24)30-14-9-21(31)10-15-30/h2-6,11,16,18,21,31H,7-10,12-15H2,1H3,(H,26,32)(H,27,28). The van der Waals surface area contributed by atoms with Gasteiger partial charge in [-0.1, -0.05) is 12.1 Å². The van der Waals surface area contributed by atoms with Crippen molar-refractivity contribution in [2.75, 3.05) is 43.4 Å². The molecule has 5 rings (SSSR count). The summed E-state index contributed by atoms with van der Waals surface area (Å²) in [6.45, 7) is 3.80. The van der Waals surface area contributed by atoms with Crippen LogP contribution in [-0.4, -0.2) is 59.3 Å². The molecule has 2 aromatic heterocycles. The Bertz CT molecular complexity index is 1130. The van der Waals surface area contributed by atoms with Gasteiger partial charge in [-0.15, -0.1) is 0 Å². The van der Waals surface area contributed by atoms with Crippen molar-refractivity contribution < 1.29 is 5.11 Å². The lowest BCUT2D eigenvalue weighted by Crippen LogP contribution is -2.36. The van der Waals surface area contributed by atoms with Gasteiger partial charge in [0.25, 0.3) is 5.56 Å². The summed E-state index contributed by atoms with van der Waals surface area (Å²) in [4.78, 5) is 24.8. The molecule has 0 spiro atoms. The third-order valence-corrected chi connectivity index (χ3v) is 6.89. The van der Waals surface area contributed by atoms with Crippen molar-refractivity contribution in [1.29, 1.82) is 0 Å². The highest BCUT2D eigenvalue weighted by Crippen LogP contribution is 2.31. The molecule has 0 radical (unpaired) electrons. The van der Waals surface area contributed by atoms with E-state index < -0.39 is 0 Å². The van der Waals surface area contributed by atoms with Crippen LogP contribution in [0, 0.1) is 0 Å². The number of likely N-dealkylation sites (tertiary alicyclic amines) is 1. The molecule has 2 fully saturated rings. The van der Waals surface area contributed by atoms with Crippen LogP contribution in [0.15, 0.2) is 47.4 Å². The number of fused-ring (bicyclic) bond motifs is 1. The third-order valence-electron chi connectivity index (χ3n) is 6.89. The highest BCUT2D eigenvalue weighted by Gasteiger charge is 2.21. The first kappa shape index (κ1) is 21.0. The minimum Gasteiger partial charge on any atom is -0.393 e. The molecule has 7 heteroatoms. The molecule has 0 saturated carbocycles. The number of aliphatic hydroxyl groups is 1. The molecule has 168 valence electrons. The van der Waals surface area contributed by atoms with Gasteiger partial charge in [-0.25, -0.2) is 4.98 Å². The van der Waals surface area contributed by atoms with E-state index in [0.717, 1.165) is 55.9 Å². The Balaban J connectivity index is 1.43. The van der Waals surface area contributed by atoms with Crippen LogP contribution >= 0.6 is 0 Å². The average molecular weight is 434 g/mol. The first-order valence-corrected chi connectivity index (χ1v) is 11.6. The molecule has 0 atom stereocenters. The number of nitrogens with one attached hydrogen (secondary N) is 2. The maximum atomic E-state index is 12.6. The molecule has 7 nitrogen and oxygen atoms in total. The lowest BCUT2D eigenvalue weighted by Gasteiger charge is -2.31. The number of aromatic amines is 1. The highest BCUT2D eigenvalue weighted by molar-refractivity contribution is 5.94. The molecule has 2 aliphatic rings. The van der Waals surface area contributed by atoms with Gasteiger partial charge in [0.1, 0.15) is 11.6 Å². The molecule has 2 saturated heterocycles. The molecule has 0 bridgehead atoms. The van der Waals surface area contributed by atoms with Gasteiger partial charge in [-0.3, -0.25) is 4.79 Å². The number of aliphatic hydroxyl groups excluding tert-OH is 1. The molecule has 2 aliphatic heterocycles. The largest absolute Gasteiger partial charge is 0.393 e. The van der Waals surface area contributed by atoms with Gasteiger partial charge in [0.2, 0.25) is 0 Å². The van der Waals surface area contributed by atoms with Crippen molar-refractivity contribution in [3.05, 3.63) is 58.5 Å². The second-order valence-corrected chi connectivity index (χ2v) is 9.14. The average Bonchev–Trinajstić information content (AvgIpc) is 2.80. The van der Waals surface area contributed by atoms with E-state index in [4.69, 9.17) is 4.98 Å². The first-order chi connectivity index (χ1) is 15.6. The summed E-state index contributed by atoms with van der Waals surface area (Å²) >= 11 is 0. The Kier molecular flexibility index (Phi) is 5.85. The van der Waals surface area contributed by atoms with Gasteiger partial charge < -0.3 is 25.2 Å². The number of nitrogens with zero attached hydrogens (tertiary/aromatic N) is 3. The predicted molar refractivity (Wildman–Crippen MR) is 129 cm³/mol. The molecule has 3 N–H and O–H groups in total. The minimum absolute atomic E-state index is 0.152. The van der Waals surface area contributed by atoms with E-state index in [1.165, 1.54) is 18.4 Å². The van der Waals surface area contributed by atoms with Crippen molar-refractivity contribution in [1.82, 2.24) is 14.9 Å².